The molecule has 2 rings (SSSR count). The third-order valence-electron chi connectivity index (χ3n) is 2.69. The molecule has 5 nitrogen and oxygen atoms in total. The number of carbonyl (C=O) groups is 1. The fraction of sp³-hybridized carbons (Fsp3) is 0.143. The molecule has 1 amide bonds. The first-order valence-electron chi connectivity index (χ1n) is 5.99. The first-order valence-corrected chi connectivity index (χ1v) is 5.99. The second-order valence-electron chi connectivity index (χ2n) is 4.20. The van der Waals surface area contributed by atoms with Crippen LogP contribution in [0, 0.1) is 0 Å². The van der Waals surface area contributed by atoms with Gasteiger partial charge in [-0.05, 0) is 30.3 Å². The molecule has 0 saturated carbocycles. The lowest BCUT2D eigenvalue weighted by Gasteiger charge is -2.08. The minimum absolute atomic E-state index is 0.102. The quantitative estimate of drug-likeness (QED) is 0.940. The second kappa shape index (κ2) is 6.17. The Bertz CT molecular complexity index is 713. The molecule has 0 aliphatic carbocycles. The average molecular weight is 294 g/mol. The number of alkyl halides is 2. The number of aryl methyl sites for hydroxylation is 1. The average Bonchev–Trinajstić information content (AvgIpc) is 2.43. The van der Waals surface area contributed by atoms with Crippen LogP contribution in [0.1, 0.15) is 10.4 Å². The van der Waals surface area contributed by atoms with Gasteiger partial charge in [0.15, 0.2) is 0 Å². The second-order valence-corrected chi connectivity index (χ2v) is 4.20. The third-order valence-corrected chi connectivity index (χ3v) is 2.69. The molecular formula is C14H12F2N2O3. The van der Waals surface area contributed by atoms with Gasteiger partial charge in [0.1, 0.15) is 11.4 Å². The van der Waals surface area contributed by atoms with Gasteiger partial charge in [-0.2, -0.15) is 8.78 Å². The summed E-state index contributed by atoms with van der Waals surface area (Å²) in [6, 6.07) is 8.39. The number of pyridine rings is 1. The highest BCUT2D eigenvalue weighted by atomic mass is 19.3. The van der Waals surface area contributed by atoms with Crippen molar-refractivity contribution in [3.8, 4) is 5.75 Å². The van der Waals surface area contributed by atoms with Crippen LogP contribution in [0.3, 0.4) is 0 Å². The van der Waals surface area contributed by atoms with Crippen molar-refractivity contribution >= 4 is 11.6 Å². The van der Waals surface area contributed by atoms with Crippen molar-refractivity contribution in [3.05, 3.63) is 58.5 Å². The Labute approximate surface area is 118 Å². The lowest BCUT2D eigenvalue weighted by Crippen LogP contribution is -2.23. The summed E-state index contributed by atoms with van der Waals surface area (Å²) in [6.07, 6.45) is 1.55. The van der Waals surface area contributed by atoms with E-state index in [0.29, 0.717) is 0 Å². The van der Waals surface area contributed by atoms with Crippen LogP contribution in [0.15, 0.2) is 47.4 Å². The van der Waals surface area contributed by atoms with Crippen LogP contribution in [0.2, 0.25) is 0 Å². The van der Waals surface area contributed by atoms with Crippen LogP contribution in [0.25, 0.3) is 0 Å². The molecule has 1 N–H and O–H groups in total. The third kappa shape index (κ3) is 3.65. The fourth-order valence-corrected chi connectivity index (χ4v) is 1.70. The van der Waals surface area contributed by atoms with E-state index in [9.17, 15) is 18.4 Å². The Kier molecular flexibility index (Phi) is 4.32. The number of hydrogen-bond donors (Lipinski definition) is 1. The summed E-state index contributed by atoms with van der Waals surface area (Å²) in [5.74, 6) is -0.711. The molecule has 0 atom stereocenters. The Hall–Kier alpha value is -2.70. The Morgan fingerprint density at radius 1 is 1.29 bits per heavy atom. The van der Waals surface area contributed by atoms with Gasteiger partial charge in [0.2, 0.25) is 0 Å². The number of aromatic nitrogens is 1. The van der Waals surface area contributed by atoms with Crippen LogP contribution in [-0.4, -0.2) is 17.1 Å². The van der Waals surface area contributed by atoms with Gasteiger partial charge in [-0.15, -0.1) is 0 Å². The molecule has 0 spiro atoms. The molecule has 0 unspecified atom stereocenters. The summed E-state index contributed by atoms with van der Waals surface area (Å²) in [6.45, 7) is -2.97. The summed E-state index contributed by atoms with van der Waals surface area (Å²) in [5, 5.41) is 2.43. The van der Waals surface area contributed by atoms with Gasteiger partial charge >= 0.3 is 6.61 Å². The summed E-state index contributed by atoms with van der Waals surface area (Å²) < 4.78 is 29.8. The summed E-state index contributed by atoms with van der Waals surface area (Å²) in [4.78, 5) is 23.8. The van der Waals surface area contributed by atoms with E-state index in [1.165, 1.54) is 34.9 Å². The van der Waals surface area contributed by atoms with Crippen LogP contribution >= 0.6 is 0 Å². The van der Waals surface area contributed by atoms with E-state index in [-0.39, 0.29) is 22.6 Å². The van der Waals surface area contributed by atoms with E-state index >= 15 is 0 Å². The van der Waals surface area contributed by atoms with E-state index in [4.69, 9.17) is 0 Å². The standard InChI is InChI=1S/C14H12F2N2O3/c1-18-7-3-6-11(13(18)20)17-12(19)9-4-2-5-10(8-9)21-14(15)16/h2-8,14H,1H3,(H,17,19). The molecule has 110 valence electrons. The number of halogens is 2. The molecule has 1 aromatic heterocycles. The minimum Gasteiger partial charge on any atom is -0.435 e. The van der Waals surface area contributed by atoms with Crippen molar-refractivity contribution in [3.63, 3.8) is 0 Å². The largest absolute Gasteiger partial charge is 0.435 e. The van der Waals surface area contributed by atoms with Gasteiger partial charge in [0, 0.05) is 18.8 Å². The first kappa shape index (κ1) is 14.7. The van der Waals surface area contributed by atoms with E-state index in [0.717, 1.165) is 0 Å². The molecule has 21 heavy (non-hydrogen) atoms. The molecule has 0 bridgehead atoms. The highest BCUT2D eigenvalue weighted by molar-refractivity contribution is 6.04. The number of nitrogens with zero attached hydrogens (tertiary/aromatic N) is 1. The van der Waals surface area contributed by atoms with Gasteiger partial charge in [0.05, 0.1) is 0 Å². The van der Waals surface area contributed by atoms with E-state index in [2.05, 4.69) is 10.1 Å². The molecule has 0 aliphatic rings. The summed E-state index contributed by atoms with van der Waals surface area (Å²) in [7, 11) is 1.55. The highest BCUT2D eigenvalue weighted by Crippen LogP contribution is 2.16. The number of anilines is 1. The summed E-state index contributed by atoms with van der Waals surface area (Å²) >= 11 is 0. The summed E-state index contributed by atoms with van der Waals surface area (Å²) in [5.41, 5.74) is -0.157. The van der Waals surface area contributed by atoms with Crippen LogP contribution in [0.5, 0.6) is 5.75 Å². The fourth-order valence-electron chi connectivity index (χ4n) is 1.70. The smallest absolute Gasteiger partial charge is 0.387 e. The van der Waals surface area contributed by atoms with Crippen molar-refractivity contribution in [1.82, 2.24) is 4.57 Å². The van der Waals surface area contributed by atoms with Gasteiger partial charge < -0.3 is 14.6 Å². The number of amides is 1. The number of benzene rings is 1. The maximum atomic E-state index is 12.1. The Morgan fingerprint density at radius 3 is 2.76 bits per heavy atom. The van der Waals surface area contributed by atoms with Crippen molar-refractivity contribution in [2.45, 2.75) is 6.61 Å². The maximum Gasteiger partial charge on any atom is 0.387 e. The molecule has 2 aromatic rings. The van der Waals surface area contributed by atoms with E-state index in [1.807, 2.05) is 0 Å². The molecule has 1 aromatic carbocycles. The van der Waals surface area contributed by atoms with Crippen LogP contribution in [-0.2, 0) is 7.05 Å². The van der Waals surface area contributed by atoms with Crippen LogP contribution < -0.4 is 15.6 Å². The normalized spacial score (nSPS) is 10.5. The lowest BCUT2D eigenvalue weighted by molar-refractivity contribution is -0.0498. The zero-order valence-corrected chi connectivity index (χ0v) is 11.0. The molecule has 0 aliphatic heterocycles. The van der Waals surface area contributed by atoms with Crippen LogP contribution in [0.4, 0.5) is 14.5 Å². The molecule has 7 heteroatoms. The van der Waals surface area contributed by atoms with E-state index < -0.39 is 12.5 Å². The number of rotatable bonds is 4. The Morgan fingerprint density at radius 2 is 2.05 bits per heavy atom. The number of carbonyl (C=O) groups excluding carboxylic acids is 1. The number of nitrogens with one attached hydrogen (secondary N) is 1. The zero-order chi connectivity index (χ0) is 15.4. The predicted molar refractivity (Wildman–Crippen MR) is 72.7 cm³/mol. The Balaban J connectivity index is 2.20. The zero-order valence-electron chi connectivity index (χ0n) is 11.0. The monoisotopic (exact) mass is 294 g/mol. The number of ether oxygens (including phenoxy) is 1. The lowest BCUT2D eigenvalue weighted by atomic mass is 10.2. The van der Waals surface area contributed by atoms with Crippen molar-refractivity contribution in [2.24, 2.45) is 7.05 Å². The molecule has 1 heterocycles. The first-order chi connectivity index (χ1) is 9.97. The van der Waals surface area contributed by atoms with E-state index in [1.54, 1.807) is 19.3 Å². The predicted octanol–water partition coefficient (Wildman–Crippen LogP) is 2.24. The molecule has 0 radical (unpaired) electrons. The number of hydrogen-bond acceptors (Lipinski definition) is 3. The SMILES string of the molecule is Cn1cccc(NC(=O)c2cccc(OC(F)F)c2)c1=O. The van der Waals surface area contributed by atoms with Gasteiger partial charge in [-0.1, -0.05) is 6.07 Å². The highest BCUT2D eigenvalue weighted by Gasteiger charge is 2.11. The van der Waals surface area contributed by atoms with Gasteiger partial charge in [-0.25, -0.2) is 0 Å². The topological polar surface area (TPSA) is 60.3 Å². The molecule has 0 saturated heterocycles. The van der Waals surface area contributed by atoms with Crippen molar-refractivity contribution in [1.29, 1.82) is 0 Å². The van der Waals surface area contributed by atoms with Gasteiger partial charge in [-0.3, -0.25) is 9.59 Å². The van der Waals surface area contributed by atoms with Gasteiger partial charge in [0.25, 0.3) is 11.5 Å². The molecule has 0 fully saturated rings. The molecular weight excluding hydrogens is 282 g/mol. The minimum atomic E-state index is -2.97. The van der Waals surface area contributed by atoms with Crippen molar-refractivity contribution in [2.75, 3.05) is 5.32 Å². The van der Waals surface area contributed by atoms with Crippen molar-refractivity contribution < 1.29 is 18.3 Å². The maximum absolute atomic E-state index is 12.1.